The van der Waals surface area contributed by atoms with E-state index in [2.05, 4.69) is 55.6 Å². The number of rotatable bonds is 9. The van der Waals surface area contributed by atoms with Gasteiger partial charge < -0.3 is 44.4 Å². The molecule has 10 aromatic rings. The highest BCUT2D eigenvalue weighted by atomic mass is 16.6. The van der Waals surface area contributed by atoms with E-state index in [1.165, 1.54) is 6.08 Å². The maximum Gasteiger partial charge on any atom is 0.503 e. The SMILES string of the molecule is C=C(O)/C=C(O)\C=C(/O)N(c1ccc2ccc3c(N(/C(=C/C)C(=C)O)c4cccc5c4oc4c(C)cccc45)ccc4ccc1c2c43)c1cccc2c1oc1c(C)cccc12.O=C(O)O. The summed E-state index contributed by atoms with van der Waals surface area (Å²) in [5.41, 5.74) is 7.92. The van der Waals surface area contributed by atoms with Crippen molar-refractivity contribution in [3.63, 3.8) is 0 Å². The number of aryl methyl sites for hydroxylation is 2. The summed E-state index contributed by atoms with van der Waals surface area (Å²) >= 11 is 0. The summed E-state index contributed by atoms with van der Waals surface area (Å²) in [5, 5.41) is 67.3. The van der Waals surface area contributed by atoms with Crippen LogP contribution in [0.15, 0.2) is 190 Å². The molecule has 322 valence electrons. The Balaban J connectivity index is 0.00000128. The standard InChI is InChI=1S/C53H40N2O6.CH2O3/c1-6-42(32(5)57)54(45-17-9-15-38-36-13-7-11-29(2)50(36)60-52(38)45)43-25-21-33-20-24-41-44(26-22-34-19-23-40(43)48(33)49(34)41)55(47(59)28-35(58)27-31(4)56)46-18-10-16-39-37-14-8-12-30(3)51(37)61-53(39)46;2-1(3)4/h6-28,56-59H,4-5H2,1-3H3;(H2,2,3,4)/b35-27+,42-6+,47-28-;. The van der Waals surface area contributed by atoms with E-state index in [-0.39, 0.29) is 17.4 Å². The van der Waals surface area contributed by atoms with Crippen LogP contribution in [0.1, 0.15) is 18.1 Å². The van der Waals surface area contributed by atoms with Gasteiger partial charge in [0.25, 0.3) is 0 Å². The fourth-order valence-electron chi connectivity index (χ4n) is 9.00. The highest BCUT2D eigenvalue weighted by Gasteiger charge is 2.27. The average Bonchev–Trinajstić information content (AvgIpc) is 3.86. The normalized spacial score (nSPS) is 12.4. The number of nitrogens with zero attached hydrogens (tertiary/aromatic N) is 2. The maximum atomic E-state index is 12.1. The van der Waals surface area contributed by atoms with Crippen LogP contribution in [0.3, 0.4) is 0 Å². The van der Waals surface area contributed by atoms with Crippen LogP contribution in [0.4, 0.5) is 27.5 Å². The highest BCUT2D eigenvalue weighted by molar-refractivity contribution is 6.28. The predicted octanol–water partition coefficient (Wildman–Crippen LogP) is 15.4. The van der Waals surface area contributed by atoms with Gasteiger partial charge in [-0.25, -0.2) is 4.79 Å². The fraction of sp³-hybridized carbons (Fsp3) is 0.0556. The Hall–Kier alpha value is -8.83. The second-order valence-corrected chi connectivity index (χ2v) is 15.6. The van der Waals surface area contributed by atoms with E-state index in [1.54, 1.807) is 4.90 Å². The molecule has 0 spiro atoms. The van der Waals surface area contributed by atoms with Gasteiger partial charge >= 0.3 is 6.16 Å². The van der Waals surface area contributed by atoms with Crippen molar-refractivity contribution in [3.05, 3.63) is 193 Å². The molecule has 0 amide bonds. The molecule has 0 bridgehead atoms. The van der Waals surface area contributed by atoms with Crippen molar-refractivity contribution in [1.82, 2.24) is 0 Å². The minimum absolute atomic E-state index is 0.102. The van der Waals surface area contributed by atoms with Crippen molar-refractivity contribution in [2.24, 2.45) is 0 Å². The number of hydrogen-bond donors (Lipinski definition) is 6. The molecule has 8 aromatic carbocycles. The zero-order valence-corrected chi connectivity index (χ0v) is 35.5. The van der Waals surface area contributed by atoms with Crippen LogP contribution in [0.25, 0.3) is 76.2 Å². The van der Waals surface area contributed by atoms with E-state index in [0.717, 1.165) is 93.6 Å². The van der Waals surface area contributed by atoms with Gasteiger partial charge in [-0.3, -0.25) is 4.90 Å². The number of allylic oxidation sites excluding steroid dienone is 3. The van der Waals surface area contributed by atoms with Gasteiger partial charge in [-0.2, -0.15) is 0 Å². The van der Waals surface area contributed by atoms with E-state index in [4.69, 9.17) is 23.8 Å². The van der Waals surface area contributed by atoms with E-state index in [9.17, 15) is 20.4 Å². The first-order chi connectivity index (χ1) is 31.3. The average molecular weight is 863 g/mol. The van der Waals surface area contributed by atoms with Crippen molar-refractivity contribution in [3.8, 4) is 0 Å². The smallest absolute Gasteiger partial charge is 0.503 e. The van der Waals surface area contributed by atoms with Crippen LogP contribution in [-0.2, 0) is 0 Å². The van der Waals surface area contributed by atoms with Gasteiger partial charge in [0.15, 0.2) is 17.0 Å². The van der Waals surface area contributed by atoms with E-state index in [0.29, 0.717) is 28.2 Å². The van der Waals surface area contributed by atoms with Gasteiger partial charge in [0.05, 0.1) is 28.4 Å². The molecule has 0 fully saturated rings. The number of aliphatic hydroxyl groups is 4. The number of anilines is 4. The third-order valence-corrected chi connectivity index (χ3v) is 11.6. The largest absolute Gasteiger partial charge is 0.508 e. The maximum absolute atomic E-state index is 12.1. The Morgan fingerprint density at radius 1 is 0.508 bits per heavy atom. The van der Waals surface area contributed by atoms with Gasteiger partial charge in [0.1, 0.15) is 28.4 Å². The van der Waals surface area contributed by atoms with Crippen molar-refractivity contribution in [1.29, 1.82) is 0 Å². The molecule has 0 saturated heterocycles. The lowest BCUT2D eigenvalue weighted by molar-refractivity contribution is 0.137. The zero-order valence-electron chi connectivity index (χ0n) is 35.5. The van der Waals surface area contributed by atoms with Crippen molar-refractivity contribution < 1.29 is 44.3 Å². The lowest BCUT2D eigenvalue weighted by Crippen LogP contribution is -2.18. The number of aliphatic hydroxyl groups excluding tert-OH is 4. The van der Waals surface area contributed by atoms with E-state index >= 15 is 0 Å². The zero-order chi connectivity index (χ0) is 45.8. The van der Waals surface area contributed by atoms with Crippen molar-refractivity contribution in [2.45, 2.75) is 20.8 Å². The van der Waals surface area contributed by atoms with Crippen molar-refractivity contribution >= 4 is 105 Å². The molecular weight excluding hydrogens is 821 g/mol. The highest BCUT2D eigenvalue weighted by Crippen LogP contribution is 2.49. The van der Waals surface area contributed by atoms with Gasteiger partial charge in [-0.15, -0.1) is 0 Å². The topological polar surface area (TPSA) is 171 Å². The molecule has 65 heavy (non-hydrogen) atoms. The van der Waals surface area contributed by atoms with Crippen LogP contribution in [0.2, 0.25) is 0 Å². The van der Waals surface area contributed by atoms with E-state index < -0.39 is 11.9 Å². The third-order valence-electron chi connectivity index (χ3n) is 11.6. The number of hydrogen-bond acceptors (Lipinski definition) is 9. The first-order valence-corrected chi connectivity index (χ1v) is 20.6. The van der Waals surface area contributed by atoms with Crippen molar-refractivity contribution in [2.75, 3.05) is 9.80 Å². The van der Waals surface area contributed by atoms with Crippen LogP contribution >= 0.6 is 0 Å². The Morgan fingerprint density at radius 2 is 0.923 bits per heavy atom. The second kappa shape index (κ2) is 16.1. The molecule has 11 nitrogen and oxygen atoms in total. The van der Waals surface area contributed by atoms with Crippen LogP contribution in [0.5, 0.6) is 0 Å². The summed E-state index contributed by atoms with van der Waals surface area (Å²) in [6, 6.07) is 40.3. The van der Waals surface area contributed by atoms with Gasteiger partial charge in [-0.1, -0.05) is 116 Å². The monoisotopic (exact) mass is 862 g/mol. The Kier molecular flexibility index (Phi) is 10.3. The van der Waals surface area contributed by atoms with Gasteiger partial charge in [0.2, 0.25) is 0 Å². The molecule has 11 heteroatoms. The summed E-state index contributed by atoms with van der Waals surface area (Å²) in [6.07, 6.45) is 2.24. The number of para-hydroxylation sites is 4. The molecule has 6 N–H and O–H groups in total. The first kappa shape index (κ1) is 41.5. The minimum atomic E-state index is -1.83. The van der Waals surface area contributed by atoms with Crippen LogP contribution < -0.4 is 9.80 Å². The van der Waals surface area contributed by atoms with Crippen LogP contribution in [0, 0.1) is 13.8 Å². The van der Waals surface area contributed by atoms with Gasteiger partial charge in [0, 0.05) is 44.5 Å². The number of carboxylic acid groups (broad SMARTS) is 2. The molecule has 10 rings (SSSR count). The fourth-order valence-corrected chi connectivity index (χ4v) is 9.00. The number of benzene rings is 8. The number of carbonyl (C=O) groups is 1. The summed E-state index contributed by atoms with van der Waals surface area (Å²) < 4.78 is 13.3. The molecule has 2 heterocycles. The summed E-state index contributed by atoms with van der Waals surface area (Å²) in [5.74, 6) is -1.19. The lowest BCUT2D eigenvalue weighted by atomic mass is 9.91. The summed E-state index contributed by atoms with van der Waals surface area (Å²) in [4.78, 5) is 12.2. The second-order valence-electron chi connectivity index (χ2n) is 15.6. The predicted molar refractivity (Wildman–Crippen MR) is 261 cm³/mol. The first-order valence-electron chi connectivity index (χ1n) is 20.6. The Morgan fingerprint density at radius 3 is 1.37 bits per heavy atom. The molecule has 0 unspecified atom stereocenters. The third kappa shape index (κ3) is 7.01. The number of fused-ring (bicyclic) bond motifs is 6. The number of furan rings is 2. The summed E-state index contributed by atoms with van der Waals surface area (Å²) in [6.45, 7) is 13.3. The van der Waals surface area contributed by atoms with E-state index in [1.807, 2.05) is 111 Å². The molecular formula is C54H42N2O9. The quantitative estimate of drug-likeness (QED) is 0.0463. The molecule has 2 aromatic heterocycles. The lowest BCUT2D eigenvalue weighted by Gasteiger charge is -2.30. The molecule has 0 radical (unpaired) electrons. The summed E-state index contributed by atoms with van der Waals surface area (Å²) in [7, 11) is 0. The molecule has 0 aliphatic rings. The van der Waals surface area contributed by atoms with Gasteiger partial charge in [-0.05, 0) is 77.7 Å². The Labute approximate surface area is 371 Å². The Bertz CT molecular complexity index is 3680. The molecule has 0 aliphatic heterocycles. The minimum Gasteiger partial charge on any atom is -0.508 e. The molecule has 0 saturated carbocycles. The molecule has 0 aliphatic carbocycles. The van der Waals surface area contributed by atoms with Crippen LogP contribution in [-0.4, -0.2) is 36.8 Å². The molecule has 0 atom stereocenters.